The van der Waals surface area contributed by atoms with Crippen LogP contribution in [0, 0.1) is 0 Å². The molecule has 120 valence electrons. The van der Waals surface area contributed by atoms with Crippen molar-refractivity contribution in [1.82, 2.24) is 10.2 Å². The number of anilines is 1. The molecule has 1 heterocycles. The highest BCUT2D eigenvalue weighted by molar-refractivity contribution is 5.75. The fraction of sp³-hybridized carbons (Fsp3) is 0.588. The lowest BCUT2D eigenvalue weighted by molar-refractivity contribution is 0.190. The van der Waals surface area contributed by atoms with Gasteiger partial charge in [0.2, 0.25) is 0 Å². The smallest absolute Gasteiger partial charge is 0.317 e. The lowest BCUT2D eigenvalue weighted by Gasteiger charge is -2.36. The van der Waals surface area contributed by atoms with Crippen LogP contribution in [0.2, 0.25) is 0 Å². The molecule has 22 heavy (non-hydrogen) atoms. The van der Waals surface area contributed by atoms with Crippen molar-refractivity contribution in [3.8, 4) is 5.75 Å². The molecule has 0 bridgehead atoms. The number of piperazine rings is 1. The zero-order valence-corrected chi connectivity index (χ0v) is 13.3. The number of nitrogens with one attached hydrogen (secondary N) is 1. The molecule has 0 radical (unpaired) electrons. The molecule has 5 heteroatoms. The van der Waals surface area contributed by atoms with Gasteiger partial charge in [0.25, 0.3) is 0 Å². The van der Waals surface area contributed by atoms with E-state index in [2.05, 4.69) is 16.3 Å². The Morgan fingerprint density at radius 3 is 2.59 bits per heavy atom. The number of urea groups is 1. The van der Waals surface area contributed by atoms with Crippen molar-refractivity contribution in [2.24, 2.45) is 0 Å². The minimum atomic E-state index is 0.109. The summed E-state index contributed by atoms with van der Waals surface area (Å²) >= 11 is 0. The average Bonchev–Trinajstić information content (AvgIpc) is 3.08. The SMILES string of the molecule is COc1cccc(N2CCN(C(=O)NC3CCCC3)CC2)c1. The van der Waals surface area contributed by atoms with Gasteiger partial charge in [-0.15, -0.1) is 0 Å². The standard InChI is InChI=1S/C17H25N3O2/c1-22-16-8-4-7-15(13-16)19-9-11-20(12-10-19)17(21)18-14-5-2-3-6-14/h4,7-8,13-14H,2-3,5-6,9-12H2,1H3,(H,18,21). The second-order valence-electron chi connectivity index (χ2n) is 6.11. The van der Waals surface area contributed by atoms with E-state index in [1.165, 1.54) is 12.8 Å². The summed E-state index contributed by atoms with van der Waals surface area (Å²) in [7, 11) is 1.68. The Morgan fingerprint density at radius 2 is 1.91 bits per heavy atom. The second-order valence-corrected chi connectivity index (χ2v) is 6.11. The predicted octanol–water partition coefficient (Wildman–Crippen LogP) is 2.47. The molecule has 1 saturated heterocycles. The monoisotopic (exact) mass is 303 g/mol. The highest BCUT2D eigenvalue weighted by atomic mass is 16.5. The van der Waals surface area contributed by atoms with Gasteiger partial charge >= 0.3 is 6.03 Å². The summed E-state index contributed by atoms with van der Waals surface area (Å²) in [6, 6.07) is 8.61. The molecule has 5 nitrogen and oxygen atoms in total. The van der Waals surface area contributed by atoms with E-state index in [0.717, 1.165) is 50.5 Å². The number of hydrogen-bond donors (Lipinski definition) is 1. The summed E-state index contributed by atoms with van der Waals surface area (Å²) in [5, 5.41) is 3.17. The van der Waals surface area contributed by atoms with Gasteiger partial charge in [0.1, 0.15) is 5.75 Å². The Labute approximate surface area is 132 Å². The quantitative estimate of drug-likeness (QED) is 0.933. The summed E-state index contributed by atoms with van der Waals surface area (Å²) in [4.78, 5) is 16.5. The van der Waals surface area contributed by atoms with Crippen molar-refractivity contribution in [3.63, 3.8) is 0 Å². The summed E-state index contributed by atoms with van der Waals surface area (Å²) in [6.07, 6.45) is 4.76. The predicted molar refractivity (Wildman–Crippen MR) is 87.6 cm³/mol. The first-order valence-corrected chi connectivity index (χ1v) is 8.21. The summed E-state index contributed by atoms with van der Waals surface area (Å²) in [6.45, 7) is 3.28. The Kier molecular flexibility index (Phi) is 4.71. The van der Waals surface area contributed by atoms with Crippen molar-refractivity contribution in [2.75, 3.05) is 38.2 Å². The largest absolute Gasteiger partial charge is 0.497 e. The van der Waals surface area contributed by atoms with Crippen LogP contribution in [0.3, 0.4) is 0 Å². The van der Waals surface area contributed by atoms with Crippen LogP contribution < -0.4 is 15.0 Å². The van der Waals surface area contributed by atoms with Gasteiger partial charge in [-0.2, -0.15) is 0 Å². The van der Waals surface area contributed by atoms with E-state index >= 15 is 0 Å². The van der Waals surface area contributed by atoms with Crippen LogP contribution in [0.15, 0.2) is 24.3 Å². The van der Waals surface area contributed by atoms with Crippen LogP contribution in [0.1, 0.15) is 25.7 Å². The highest BCUT2D eigenvalue weighted by Crippen LogP contribution is 2.22. The van der Waals surface area contributed by atoms with Gasteiger partial charge in [0.15, 0.2) is 0 Å². The van der Waals surface area contributed by atoms with Gasteiger partial charge in [-0.3, -0.25) is 0 Å². The molecule has 1 aliphatic heterocycles. The lowest BCUT2D eigenvalue weighted by atomic mass is 10.2. The zero-order chi connectivity index (χ0) is 15.4. The molecular formula is C17H25N3O2. The number of ether oxygens (including phenoxy) is 1. The van der Waals surface area contributed by atoms with Crippen molar-refractivity contribution >= 4 is 11.7 Å². The summed E-state index contributed by atoms with van der Waals surface area (Å²) in [5.74, 6) is 0.874. The van der Waals surface area contributed by atoms with Gasteiger partial charge in [0.05, 0.1) is 7.11 Å². The number of carbonyl (C=O) groups excluding carboxylic acids is 1. The number of nitrogens with zero attached hydrogens (tertiary/aromatic N) is 2. The Balaban J connectivity index is 1.52. The van der Waals surface area contributed by atoms with E-state index in [4.69, 9.17) is 4.74 Å². The zero-order valence-electron chi connectivity index (χ0n) is 13.3. The normalized spacial score (nSPS) is 19.3. The van der Waals surface area contributed by atoms with Crippen LogP contribution in [-0.2, 0) is 0 Å². The van der Waals surface area contributed by atoms with Crippen molar-refractivity contribution in [2.45, 2.75) is 31.7 Å². The van der Waals surface area contributed by atoms with E-state index in [1.54, 1.807) is 7.11 Å². The maximum absolute atomic E-state index is 12.3. The van der Waals surface area contributed by atoms with Crippen LogP contribution >= 0.6 is 0 Å². The van der Waals surface area contributed by atoms with Crippen LogP contribution in [0.5, 0.6) is 5.75 Å². The molecule has 1 aromatic rings. The van der Waals surface area contributed by atoms with Crippen LogP contribution in [0.25, 0.3) is 0 Å². The molecule has 1 saturated carbocycles. The topological polar surface area (TPSA) is 44.8 Å². The highest BCUT2D eigenvalue weighted by Gasteiger charge is 2.24. The first kappa shape index (κ1) is 15.0. The third-order valence-corrected chi connectivity index (χ3v) is 4.67. The lowest BCUT2D eigenvalue weighted by Crippen LogP contribution is -2.53. The summed E-state index contributed by atoms with van der Waals surface area (Å²) < 4.78 is 5.28. The maximum Gasteiger partial charge on any atom is 0.317 e. The first-order chi connectivity index (χ1) is 10.8. The number of amides is 2. The van der Waals surface area contributed by atoms with Gasteiger partial charge in [-0.1, -0.05) is 18.9 Å². The van der Waals surface area contributed by atoms with Gasteiger partial charge < -0.3 is 19.9 Å². The third kappa shape index (κ3) is 3.46. The molecule has 0 spiro atoms. The fourth-order valence-electron chi connectivity index (χ4n) is 3.31. The third-order valence-electron chi connectivity index (χ3n) is 4.67. The van der Waals surface area contributed by atoms with E-state index in [9.17, 15) is 4.79 Å². The van der Waals surface area contributed by atoms with Crippen LogP contribution in [-0.4, -0.2) is 50.3 Å². The number of rotatable bonds is 3. The number of methoxy groups -OCH3 is 1. The minimum Gasteiger partial charge on any atom is -0.497 e. The molecule has 2 fully saturated rings. The van der Waals surface area contributed by atoms with Crippen molar-refractivity contribution < 1.29 is 9.53 Å². The average molecular weight is 303 g/mol. The Hall–Kier alpha value is -1.91. The van der Waals surface area contributed by atoms with Gasteiger partial charge in [0, 0.05) is 44.0 Å². The summed E-state index contributed by atoms with van der Waals surface area (Å²) in [5.41, 5.74) is 1.16. The van der Waals surface area contributed by atoms with Gasteiger partial charge in [-0.05, 0) is 25.0 Å². The van der Waals surface area contributed by atoms with Gasteiger partial charge in [-0.25, -0.2) is 4.79 Å². The molecule has 0 unspecified atom stereocenters. The molecule has 1 aliphatic carbocycles. The van der Waals surface area contributed by atoms with E-state index < -0.39 is 0 Å². The molecule has 1 N–H and O–H groups in total. The molecule has 3 rings (SSSR count). The minimum absolute atomic E-state index is 0.109. The molecule has 0 atom stereocenters. The van der Waals surface area contributed by atoms with Crippen molar-refractivity contribution in [1.29, 1.82) is 0 Å². The Morgan fingerprint density at radius 1 is 1.18 bits per heavy atom. The second kappa shape index (κ2) is 6.90. The Bertz CT molecular complexity index is 506. The molecule has 2 aliphatic rings. The fourth-order valence-corrected chi connectivity index (χ4v) is 3.31. The maximum atomic E-state index is 12.3. The number of hydrogen-bond acceptors (Lipinski definition) is 3. The number of carbonyl (C=O) groups is 1. The molecule has 0 aromatic heterocycles. The molecule has 2 amide bonds. The van der Waals surface area contributed by atoms with Crippen LogP contribution in [0.4, 0.5) is 10.5 Å². The molecular weight excluding hydrogens is 278 g/mol. The first-order valence-electron chi connectivity index (χ1n) is 8.21. The van der Waals surface area contributed by atoms with E-state index in [1.807, 2.05) is 23.1 Å². The van der Waals surface area contributed by atoms with Crippen molar-refractivity contribution in [3.05, 3.63) is 24.3 Å². The van der Waals surface area contributed by atoms with E-state index in [-0.39, 0.29) is 6.03 Å². The molecule has 1 aromatic carbocycles. The number of benzene rings is 1. The van der Waals surface area contributed by atoms with E-state index in [0.29, 0.717) is 6.04 Å².